The van der Waals surface area contributed by atoms with Gasteiger partial charge in [0.1, 0.15) is 6.61 Å². The van der Waals surface area contributed by atoms with E-state index in [2.05, 4.69) is 38.2 Å². The number of phosphoric acid groups is 1. The van der Waals surface area contributed by atoms with Crippen LogP contribution in [-0.4, -0.2) is 49.3 Å². The zero-order valence-corrected chi connectivity index (χ0v) is 38.0. The molecule has 0 aromatic heterocycles. The Morgan fingerprint density at radius 2 is 0.895 bits per heavy atom. The van der Waals surface area contributed by atoms with Crippen LogP contribution in [0.1, 0.15) is 232 Å². The molecule has 10 heteroatoms. The summed E-state index contributed by atoms with van der Waals surface area (Å²) in [5.74, 6) is -0.835. The number of carbonyl (C=O) groups is 2. The van der Waals surface area contributed by atoms with Crippen molar-refractivity contribution in [3.63, 3.8) is 0 Å². The van der Waals surface area contributed by atoms with Gasteiger partial charge in [-0.05, 0) is 38.5 Å². The average molecular weight is 828 g/mol. The molecule has 3 N–H and O–H groups in total. The van der Waals surface area contributed by atoms with Crippen molar-refractivity contribution in [3.8, 4) is 0 Å². The number of esters is 2. The van der Waals surface area contributed by atoms with Crippen LogP contribution in [0.4, 0.5) is 0 Å². The zero-order chi connectivity index (χ0) is 41.8. The van der Waals surface area contributed by atoms with Crippen LogP contribution in [0.5, 0.6) is 0 Å². The van der Waals surface area contributed by atoms with Gasteiger partial charge in [0.05, 0.1) is 13.2 Å². The predicted molar refractivity (Wildman–Crippen MR) is 238 cm³/mol. The number of unbranched alkanes of at least 4 members (excludes halogenated alkanes) is 29. The van der Waals surface area contributed by atoms with Gasteiger partial charge in [0, 0.05) is 19.4 Å². The summed E-state index contributed by atoms with van der Waals surface area (Å²) in [6.07, 6.45) is 47.8. The Kier molecular flexibility index (Phi) is 42.9. The second kappa shape index (κ2) is 44.1. The summed E-state index contributed by atoms with van der Waals surface area (Å²) < 4.78 is 32.8. The summed E-state index contributed by atoms with van der Waals surface area (Å²) >= 11 is 0. The van der Waals surface area contributed by atoms with Gasteiger partial charge in [0.15, 0.2) is 6.10 Å². The molecule has 0 aromatic rings. The number of nitrogens with two attached hydrogens (primary N) is 1. The topological polar surface area (TPSA) is 134 Å². The Bertz CT molecular complexity index is 990. The highest BCUT2D eigenvalue weighted by Crippen LogP contribution is 2.43. The fraction of sp³-hybridized carbons (Fsp3) is 0.872. The molecule has 0 aliphatic carbocycles. The molecule has 0 aliphatic rings. The van der Waals surface area contributed by atoms with Crippen molar-refractivity contribution in [2.75, 3.05) is 26.4 Å². The van der Waals surface area contributed by atoms with Crippen molar-refractivity contribution < 1.29 is 37.6 Å². The molecule has 0 fully saturated rings. The second-order valence-electron chi connectivity index (χ2n) is 16.0. The molecule has 0 bridgehead atoms. The minimum atomic E-state index is -4.38. The second-order valence-corrected chi connectivity index (χ2v) is 17.5. The van der Waals surface area contributed by atoms with Crippen LogP contribution < -0.4 is 5.73 Å². The average Bonchev–Trinajstić information content (AvgIpc) is 3.20. The third-order valence-corrected chi connectivity index (χ3v) is 11.4. The van der Waals surface area contributed by atoms with E-state index in [4.69, 9.17) is 24.3 Å². The van der Waals surface area contributed by atoms with Gasteiger partial charge in [-0.15, -0.1) is 0 Å². The van der Waals surface area contributed by atoms with Crippen LogP contribution in [-0.2, 0) is 32.7 Å². The molecule has 1 unspecified atom stereocenters. The summed E-state index contributed by atoms with van der Waals surface area (Å²) in [6.45, 7) is 3.73. The van der Waals surface area contributed by atoms with Crippen LogP contribution >= 0.6 is 7.82 Å². The number of ether oxygens (including phenoxy) is 2. The number of hydrogen-bond donors (Lipinski definition) is 2. The van der Waals surface area contributed by atoms with E-state index in [0.29, 0.717) is 6.42 Å². The van der Waals surface area contributed by atoms with Gasteiger partial charge in [-0.1, -0.05) is 205 Å². The van der Waals surface area contributed by atoms with Gasteiger partial charge >= 0.3 is 19.8 Å². The van der Waals surface area contributed by atoms with Gasteiger partial charge in [-0.25, -0.2) is 4.57 Å². The molecule has 0 aliphatic heterocycles. The van der Waals surface area contributed by atoms with E-state index in [1.165, 1.54) is 141 Å². The number of hydrogen-bond acceptors (Lipinski definition) is 8. The Hall–Kier alpha value is -1.51. The molecule has 0 aromatic carbocycles. The minimum Gasteiger partial charge on any atom is -0.462 e. The van der Waals surface area contributed by atoms with Crippen LogP contribution in [0.3, 0.4) is 0 Å². The SMILES string of the molecule is CCCCCC/C=C/C=C/CCCCCCCC(=O)O[C@@H](COC(=O)CCCCCCCCCCCCCCCCCCCCCCC)COP(=O)(O)OCCN. The lowest BCUT2D eigenvalue weighted by atomic mass is 10.0. The number of phosphoric ester groups is 1. The lowest BCUT2D eigenvalue weighted by Gasteiger charge is -2.19. The van der Waals surface area contributed by atoms with Crippen LogP contribution in [0, 0.1) is 0 Å². The largest absolute Gasteiger partial charge is 0.472 e. The fourth-order valence-electron chi connectivity index (χ4n) is 6.80. The lowest BCUT2D eigenvalue weighted by molar-refractivity contribution is -0.161. The molecule has 0 rings (SSSR count). The predicted octanol–water partition coefficient (Wildman–Crippen LogP) is 13.9. The molecule has 336 valence electrons. The van der Waals surface area contributed by atoms with E-state index >= 15 is 0 Å². The van der Waals surface area contributed by atoms with E-state index in [-0.39, 0.29) is 38.6 Å². The first-order valence-corrected chi connectivity index (χ1v) is 25.3. The first kappa shape index (κ1) is 55.5. The smallest absolute Gasteiger partial charge is 0.462 e. The molecule has 0 amide bonds. The first-order chi connectivity index (χ1) is 27.8. The molecular formula is C47H90NO8P. The summed E-state index contributed by atoms with van der Waals surface area (Å²) in [4.78, 5) is 34.9. The monoisotopic (exact) mass is 828 g/mol. The van der Waals surface area contributed by atoms with Gasteiger partial charge in [0.2, 0.25) is 0 Å². The molecule has 0 spiro atoms. The van der Waals surface area contributed by atoms with Crippen molar-refractivity contribution in [1.29, 1.82) is 0 Å². The van der Waals surface area contributed by atoms with Crippen molar-refractivity contribution in [1.82, 2.24) is 0 Å². The molecule has 0 heterocycles. The van der Waals surface area contributed by atoms with Crippen LogP contribution in [0.15, 0.2) is 24.3 Å². The Labute approximate surface area is 351 Å². The van der Waals surface area contributed by atoms with E-state index in [1.54, 1.807) is 0 Å². The van der Waals surface area contributed by atoms with Crippen molar-refractivity contribution in [2.45, 2.75) is 238 Å². The molecule has 0 radical (unpaired) electrons. The maximum Gasteiger partial charge on any atom is 0.472 e. The Balaban J connectivity index is 4.05. The van der Waals surface area contributed by atoms with Gasteiger partial charge in [-0.3, -0.25) is 18.6 Å². The van der Waals surface area contributed by atoms with E-state index in [9.17, 15) is 19.0 Å². The van der Waals surface area contributed by atoms with E-state index in [0.717, 1.165) is 57.8 Å². The highest BCUT2D eigenvalue weighted by atomic mass is 31.2. The van der Waals surface area contributed by atoms with Crippen molar-refractivity contribution in [3.05, 3.63) is 24.3 Å². The normalized spacial score (nSPS) is 13.4. The number of rotatable bonds is 45. The Morgan fingerprint density at radius 1 is 0.526 bits per heavy atom. The van der Waals surface area contributed by atoms with Crippen LogP contribution in [0.2, 0.25) is 0 Å². The standard InChI is InChI=1S/C47H90NO8P/c1-3-5-7-9-11-13-15-17-19-20-21-22-23-24-26-27-29-31-33-35-37-39-46(49)53-43-45(44-55-57(51,52)54-42-41-48)56-47(50)40-38-36-34-32-30-28-25-18-16-14-12-10-8-6-4-2/h14,16,18,25,45H,3-13,15,17,19-24,26-44,48H2,1-2H3,(H,51,52)/b16-14+,25-18+/t45-/m0/s1. The fourth-order valence-corrected chi connectivity index (χ4v) is 7.57. The third-order valence-electron chi connectivity index (χ3n) is 10.4. The highest BCUT2D eigenvalue weighted by molar-refractivity contribution is 7.47. The number of allylic oxidation sites excluding steroid dienone is 4. The van der Waals surface area contributed by atoms with Crippen LogP contribution in [0.25, 0.3) is 0 Å². The number of carbonyl (C=O) groups excluding carboxylic acids is 2. The third kappa shape index (κ3) is 43.9. The molecule has 57 heavy (non-hydrogen) atoms. The molecule has 0 saturated heterocycles. The van der Waals surface area contributed by atoms with E-state index in [1.807, 2.05) is 0 Å². The van der Waals surface area contributed by atoms with E-state index < -0.39 is 26.5 Å². The summed E-state index contributed by atoms with van der Waals surface area (Å²) in [7, 11) is -4.38. The summed E-state index contributed by atoms with van der Waals surface area (Å²) in [5, 5.41) is 0. The minimum absolute atomic E-state index is 0.0524. The maximum atomic E-state index is 12.6. The lowest BCUT2D eigenvalue weighted by Crippen LogP contribution is -2.29. The van der Waals surface area contributed by atoms with Crippen molar-refractivity contribution >= 4 is 19.8 Å². The summed E-state index contributed by atoms with van der Waals surface area (Å²) in [5.41, 5.74) is 5.35. The van der Waals surface area contributed by atoms with Crippen molar-refractivity contribution in [2.24, 2.45) is 5.73 Å². The zero-order valence-electron chi connectivity index (χ0n) is 37.1. The highest BCUT2D eigenvalue weighted by Gasteiger charge is 2.26. The summed E-state index contributed by atoms with van der Waals surface area (Å²) in [6, 6.07) is 0. The van der Waals surface area contributed by atoms with Gasteiger partial charge < -0.3 is 20.1 Å². The molecular weight excluding hydrogens is 737 g/mol. The first-order valence-electron chi connectivity index (χ1n) is 23.8. The van der Waals surface area contributed by atoms with Gasteiger partial charge in [-0.2, -0.15) is 0 Å². The maximum absolute atomic E-state index is 12.6. The Morgan fingerprint density at radius 3 is 1.32 bits per heavy atom. The molecule has 0 saturated carbocycles. The van der Waals surface area contributed by atoms with Gasteiger partial charge in [0.25, 0.3) is 0 Å². The molecule has 2 atom stereocenters. The quantitative estimate of drug-likeness (QED) is 0.0266. The molecule has 9 nitrogen and oxygen atoms in total.